The Kier molecular flexibility index (Phi) is 4.70. The normalized spacial score (nSPS) is 18.6. The van der Waals surface area contributed by atoms with Gasteiger partial charge < -0.3 is 14.4 Å². The van der Waals surface area contributed by atoms with Crippen LogP contribution >= 0.6 is 11.8 Å². The van der Waals surface area contributed by atoms with Crippen LogP contribution in [0.25, 0.3) is 5.57 Å². The molecule has 0 atom stereocenters. The lowest BCUT2D eigenvalue weighted by Crippen LogP contribution is -2.30. The molecular weight excluding hydrogens is 368 g/mol. The van der Waals surface area contributed by atoms with E-state index in [1.165, 1.54) is 18.7 Å². The molecule has 0 aromatic heterocycles. The van der Waals surface area contributed by atoms with E-state index in [1.54, 1.807) is 11.8 Å². The summed E-state index contributed by atoms with van der Waals surface area (Å²) in [5.74, 6) is -1.27. The van der Waals surface area contributed by atoms with E-state index in [-0.39, 0.29) is 11.8 Å². The first-order valence-electron chi connectivity index (χ1n) is 9.21. The van der Waals surface area contributed by atoms with Gasteiger partial charge in [0.05, 0.1) is 30.0 Å². The molecule has 0 spiro atoms. The average molecular weight is 391 g/mol. The van der Waals surface area contributed by atoms with Crippen molar-refractivity contribution in [2.45, 2.75) is 38.6 Å². The lowest BCUT2D eigenvalue weighted by molar-refractivity contribution is 0.241. The molecule has 3 aliphatic rings. The SMILES string of the molecule is C=C(OCC)C1=C(SC)N(C2CC2)c2c(cc(F)c(F)c2OC)C1=C1CC1. The van der Waals surface area contributed by atoms with Crippen LogP contribution in [0.3, 0.4) is 0 Å². The van der Waals surface area contributed by atoms with Crippen LogP contribution < -0.4 is 9.64 Å². The Bertz CT molecular complexity index is 881. The van der Waals surface area contributed by atoms with Crippen molar-refractivity contribution >= 4 is 23.0 Å². The van der Waals surface area contributed by atoms with E-state index in [0.29, 0.717) is 23.6 Å². The average Bonchev–Trinajstić information content (AvgIpc) is 3.54. The lowest BCUT2D eigenvalue weighted by Gasteiger charge is -2.37. The third-order valence-corrected chi connectivity index (χ3v) is 5.89. The number of fused-ring (bicyclic) bond motifs is 1. The van der Waals surface area contributed by atoms with Gasteiger partial charge in [-0.2, -0.15) is 4.39 Å². The van der Waals surface area contributed by atoms with Crippen molar-refractivity contribution in [1.82, 2.24) is 0 Å². The third-order valence-electron chi connectivity index (χ3n) is 5.10. The molecule has 0 amide bonds. The van der Waals surface area contributed by atoms with Gasteiger partial charge in [0.2, 0.25) is 5.82 Å². The molecule has 1 aromatic carbocycles. The van der Waals surface area contributed by atoms with Gasteiger partial charge in [0.25, 0.3) is 0 Å². The molecule has 2 saturated carbocycles. The van der Waals surface area contributed by atoms with E-state index in [1.807, 2.05) is 13.2 Å². The molecule has 1 aromatic rings. The summed E-state index contributed by atoms with van der Waals surface area (Å²) >= 11 is 1.59. The Morgan fingerprint density at radius 1 is 1.33 bits per heavy atom. The number of methoxy groups -OCH3 is 1. The minimum atomic E-state index is -0.936. The standard InChI is InChI=1S/C21H23F2NO2S/c1-5-26-11(2)16-17(12-6-7-12)14-10-15(22)18(23)20(25-3)19(14)24(13-8-9-13)21(16)27-4/h10,13H,2,5-9H2,1,3-4H3. The smallest absolute Gasteiger partial charge is 0.202 e. The highest BCUT2D eigenvalue weighted by atomic mass is 32.2. The Hall–Kier alpha value is -1.95. The monoisotopic (exact) mass is 391 g/mol. The maximum absolute atomic E-state index is 14.6. The van der Waals surface area contributed by atoms with Crippen LogP contribution in [0.4, 0.5) is 14.5 Å². The van der Waals surface area contributed by atoms with Gasteiger partial charge in [-0.3, -0.25) is 0 Å². The molecule has 6 heteroatoms. The summed E-state index contributed by atoms with van der Waals surface area (Å²) < 4.78 is 40.2. The van der Waals surface area contributed by atoms with E-state index in [4.69, 9.17) is 9.47 Å². The van der Waals surface area contributed by atoms with Crippen molar-refractivity contribution in [1.29, 1.82) is 0 Å². The summed E-state index contributed by atoms with van der Waals surface area (Å²) in [7, 11) is 1.39. The maximum atomic E-state index is 14.6. The molecular formula is C21H23F2NO2S. The van der Waals surface area contributed by atoms with Crippen molar-refractivity contribution < 1.29 is 18.3 Å². The third kappa shape index (κ3) is 2.94. The van der Waals surface area contributed by atoms with E-state index in [2.05, 4.69) is 11.5 Å². The van der Waals surface area contributed by atoms with Crippen LogP contribution in [0.1, 0.15) is 38.2 Å². The van der Waals surface area contributed by atoms with Gasteiger partial charge in [-0.25, -0.2) is 4.39 Å². The number of thioether (sulfide) groups is 1. The summed E-state index contributed by atoms with van der Waals surface area (Å²) in [5, 5.41) is 0.974. The van der Waals surface area contributed by atoms with E-state index in [0.717, 1.165) is 41.9 Å². The van der Waals surface area contributed by atoms with Gasteiger partial charge in [-0.05, 0) is 50.5 Å². The summed E-state index contributed by atoms with van der Waals surface area (Å²) in [6.07, 6.45) is 5.91. The Labute approximate surface area is 162 Å². The number of hydrogen-bond acceptors (Lipinski definition) is 4. The zero-order valence-electron chi connectivity index (χ0n) is 15.8. The van der Waals surface area contributed by atoms with Crippen molar-refractivity contribution in [3.63, 3.8) is 0 Å². The molecule has 3 nitrogen and oxygen atoms in total. The molecule has 144 valence electrons. The molecule has 0 bridgehead atoms. The number of ether oxygens (including phenoxy) is 2. The minimum Gasteiger partial charge on any atom is -0.494 e. The molecule has 2 aliphatic carbocycles. The molecule has 2 fully saturated rings. The molecule has 1 aliphatic heterocycles. The van der Waals surface area contributed by atoms with Crippen LogP contribution in [0, 0.1) is 11.6 Å². The van der Waals surface area contributed by atoms with Gasteiger partial charge in [0.1, 0.15) is 5.76 Å². The van der Waals surface area contributed by atoms with E-state index >= 15 is 0 Å². The van der Waals surface area contributed by atoms with E-state index in [9.17, 15) is 8.78 Å². The molecule has 4 rings (SSSR count). The van der Waals surface area contributed by atoms with Gasteiger partial charge in [-0.1, -0.05) is 12.2 Å². The Balaban J connectivity index is 2.05. The number of rotatable bonds is 6. The second kappa shape index (κ2) is 6.89. The lowest BCUT2D eigenvalue weighted by atomic mass is 9.90. The van der Waals surface area contributed by atoms with Crippen molar-refractivity contribution in [3.8, 4) is 5.75 Å². The first-order chi connectivity index (χ1) is 13.0. The Morgan fingerprint density at radius 2 is 2.04 bits per heavy atom. The summed E-state index contributed by atoms with van der Waals surface area (Å²) in [5.41, 5.74) is 4.37. The highest BCUT2D eigenvalue weighted by Gasteiger charge is 2.43. The largest absolute Gasteiger partial charge is 0.494 e. The van der Waals surface area contributed by atoms with Crippen LogP contribution in [0.5, 0.6) is 5.75 Å². The number of anilines is 1. The second-order valence-electron chi connectivity index (χ2n) is 6.92. The van der Waals surface area contributed by atoms with Gasteiger partial charge in [0.15, 0.2) is 11.6 Å². The predicted molar refractivity (Wildman–Crippen MR) is 106 cm³/mol. The number of allylic oxidation sites excluding steroid dienone is 2. The first-order valence-corrected chi connectivity index (χ1v) is 10.4. The quantitative estimate of drug-likeness (QED) is 0.586. The first kappa shape index (κ1) is 18.4. The van der Waals surface area contributed by atoms with Gasteiger partial charge in [-0.15, -0.1) is 11.8 Å². The molecule has 1 heterocycles. The maximum Gasteiger partial charge on any atom is 0.202 e. The van der Waals surface area contributed by atoms with Crippen LogP contribution in [0.15, 0.2) is 34.6 Å². The highest BCUT2D eigenvalue weighted by Crippen LogP contribution is 2.57. The zero-order valence-corrected chi connectivity index (χ0v) is 16.6. The van der Waals surface area contributed by atoms with Crippen LogP contribution in [0.2, 0.25) is 0 Å². The Morgan fingerprint density at radius 3 is 2.56 bits per heavy atom. The van der Waals surface area contributed by atoms with E-state index < -0.39 is 11.6 Å². The highest BCUT2D eigenvalue weighted by molar-refractivity contribution is 8.02. The fourth-order valence-electron chi connectivity index (χ4n) is 3.74. The molecule has 0 saturated heterocycles. The fourth-order valence-corrected chi connectivity index (χ4v) is 4.60. The molecule has 0 radical (unpaired) electrons. The minimum absolute atomic E-state index is 0.0247. The molecule has 27 heavy (non-hydrogen) atoms. The number of halogens is 2. The van der Waals surface area contributed by atoms with Crippen molar-refractivity contribution in [2.75, 3.05) is 24.9 Å². The number of nitrogens with zero attached hydrogens (tertiary/aromatic N) is 1. The summed E-state index contributed by atoms with van der Waals surface area (Å²) in [6, 6.07) is 1.56. The fraction of sp³-hybridized carbons (Fsp3) is 0.429. The topological polar surface area (TPSA) is 21.7 Å². The number of hydrogen-bond donors (Lipinski definition) is 0. The van der Waals surface area contributed by atoms with Gasteiger partial charge >= 0.3 is 0 Å². The summed E-state index contributed by atoms with van der Waals surface area (Å²) in [4.78, 5) is 2.10. The summed E-state index contributed by atoms with van der Waals surface area (Å²) in [6.45, 7) is 6.57. The molecule has 0 unspecified atom stereocenters. The van der Waals surface area contributed by atoms with Crippen LogP contribution in [-0.2, 0) is 4.74 Å². The van der Waals surface area contributed by atoms with Crippen molar-refractivity contribution in [2.24, 2.45) is 0 Å². The predicted octanol–water partition coefficient (Wildman–Crippen LogP) is 5.63. The molecule has 0 N–H and O–H groups in total. The van der Waals surface area contributed by atoms with Crippen LogP contribution in [-0.4, -0.2) is 26.0 Å². The zero-order chi connectivity index (χ0) is 19.3. The van der Waals surface area contributed by atoms with Gasteiger partial charge in [0, 0.05) is 11.6 Å². The number of benzene rings is 1. The second-order valence-corrected chi connectivity index (χ2v) is 7.72. The van der Waals surface area contributed by atoms with Crippen molar-refractivity contribution in [3.05, 3.63) is 51.8 Å².